The van der Waals surface area contributed by atoms with E-state index in [0.29, 0.717) is 22.8 Å². The third-order valence-electron chi connectivity index (χ3n) is 3.32. The molecule has 118 valence electrons. The number of methoxy groups -OCH3 is 2. The van der Waals surface area contributed by atoms with Gasteiger partial charge in [-0.15, -0.1) is 5.10 Å². The van der Waals surface area contributed by atoms with Gasteiger partial charge in [-0.3, -0.25) is 0 Å². The zero-order valence-electron chi connectivity index (χ0n) is 12.6. The molecule has 0 aliphatic rings. The summed E-state index contributed by atoms with van der Waals surface area (Å²) < 4.78 is 12.0. The van der Waals surface area contributed by atoms with E-state index in [1.54, 1.807) is 37.2 Å². The first-order chi connectivity index (χ1) is 11.1. The Morgan fingerprint density at radius 3 is 2.26 bits per heavy atom. The lowest BCUT2D eigenvalue weighted by molar-refractivity contribution is 0.354. The molecule has 0 aliphatic heterocycles. The third kappa shape index (κ3) is 2.89. The molecule has 23 heavy (non-hydrogen) atoms. The fraction of sp³-hybridized carbons (Fsp3) is 0.125. The number of aromatic hydroxyl groups is 2. The molecule has 7 heteroatoms. The minimum absolute atomic E-state index is 0.0410. The number of phenolic OH excluding ortho intramolecular Hbond substituents is 2. The Labute approximate surface area is 132 Å². The molecule has 2 N–H and O–H groups in total. The highest BCUT2D eigenvalue weighted by Crippen LogP contribution is 2.30. The van der Waals surface area contributed by atoms with Crippen LogP contribution < -0.4 is 9.47 Å². The second kappa shape index (κ2) is 5.88. The molecule has 0 spiro atoms. The fourth-order valence-electron chi connectivity index (χ4n) is 2.23. The van der Waals surface area contributed by atoms with E-state index in [1.165, 1.54) is 18.2 Å². The Morgan fingerprint density at radius 1 is 0.913 bits per heavy atom. The first-order valence-corrected chi connectivity index (χ1v) is 6.79. The first-order valence-electron chi connectivity index (χ1n) is 6.79. The van der Waals surface area contributed by atoms with E-state index in [-0.39, 0.29) is 11.5 Å². The van der Waals surface area contributed by atoms with Crippen molar-refractivity contribution in [2.45, 2.75) is 0 Å². The van der Waals surface area contributed by atoms with Gasteiger partial charge in [-0.05, 0) is 24.3 Å². The largest absolute Gasteiger partial charge is 0.508 e. The zero-order valence-corrected chi connectivity index (χ0v) is 12.6. The maximum absolute atomic E-state index is 9.56. The van der Waals surface area contributed by atoms with Crippen molar-refractivity contribution in [1.29, 1.82) is 0 Å². The van der Waals surface area contributed by atoms with E-state index in [0.717, 1.165) is 5.69 Å². The van der Waals surface area contributed by atoms with Crippen LogP contribution in [0, 0.1) is 0 Å². The van der Waals surface area contributed by atoms with E-state index in [1.807, 2.05) is 6.07 Å². The van der Waals surface area contributed by atoms with Gasteiger partial charge in [0.15, 0.2) is 11.5 Å². The summed E-state index contributed by atoms with van der Waals surface area (Å²) in [5.41, 5.74) is 1.82. The van der Waals surface area contributed by atoms with Gasteiger partial charge in [-0.1, -0.05) is 5.21 Å². The van der Waals surface area contributed by atoms with E-state index < -0.39 is 0 Å². The Morgan fingerprint density at radius 2 is 1.61 bits per heavy atom. The number of nitrogens with zero attached hydrogens (tertiary/aromatic N) is 3. The van der Waals surface area contributed by atoms with Crippen molar-refractivity contribution in [2.75, 3.05) is 14.2 Å². The molecular formula is C16H15N3O4. The van der Waals surface area contributed by atoms with Crippen molar-refractivity contribution in [1.82, 2.24) is 15.0 Å². The quantitative estimate of drug-likeness (QED) is 0.768. The van der Waals surface area contributed by atoms with Gasteiger partial charge in [-0.2, -0.15) is 0 Å². The summed E-state index contributed by atoms with van der Waals surface area (Å²) in [6.45, 7) is 0. The second-order valence-electron chi connectivity index (χ2n) is 4.83. The molecule has 3 aromatic rings. The van der Waals surface area contributed by atoms with E-state index >= 15 is 0 Å². The first kappa shape index (κ1) is 14.7. The molecule has 7 nitrogen and oxygen atoms in total. The van der Waals surface area contributed by atoms with Gasteiger partial charge in [0.05, 0.1) is 26.1 Å². The van der Waals surface area contributed by atoms with Crippen LogP contribution in [-0.4, -0.2) is 39.4 Å². The summed E-state index contributed by atoms with van der Waals surface area (Å²) in [4.78, 5) is 0. The average molecular weight is 313 g/mol. The molecule has 0 saturated heterocycles. The lowest BCUT2D eigenvalue weighted by Crippen LogP contribution is -1.97. The van der Waals surface area contributed by atoms with Gasteiger partial charge >= 0.3 is 0 Å². The summed E-state index contributed by atoms with van der Waals surface area (Å²) >= 11 is 0. The van der Waals surface area contributed by atoms with Gasteiger partial charge in [0.2, 0.25) is 0 Å². The van der Waals surface area contributed by atoms with Crippen molar-refractivity contribution in [3.05, 3.63) is 42.6 Å². The van der Waals surface area contributed by atoms with Gasteiger partial charge in [-0.25, -0.2) is 4.68 Å². The third-order valence-corrected chi connectivity index (χ3v) is 3.32. The Balaban J connectivity index is 1.98. The molecule has 2 aromatic carbocycles. The van der Waals surface area contributed by atoms with Crippen LogP contribution in [0.3, 0.4) is 0 Å². The molecule has 0 aliphatic carbocycles. The molecule has 0 amide bonds. The van der Waals surface area contributed by atoms with E-state index in [9.17, 15) is 10.2 Å². The maximum atomic E-state index is 9.56. The highest BCUT2D eigenvalue weighted by atomic mass is 16.5. The summed E-state index contributed by atoms with van der Waals surface area (Å²) in [7, 11) is 3.13. The topological polar surface area (TPSA) is 89.6 Å². The Bertz CT molecular complexity index is 825. The number of hydrogen-bond acceptors (Lipinski definition) is 6. The standard InChI is InChI=1S/C16H15N3O4/c1-22-15-4-3-11(7-16(15)23-2)19-9-14(17-18-19)10-5-12(20)8-13(21)6-10/h3-9,20-21H,1-2H3. The lowest BCUT2D eigenvalue weighted by Gasteiger charge is -2.08. The second-order valence-corrected chi connectivity index (χ2v) is 4.83. The van der Waals surface area contributed by atoms with Gasteiger partial charge in [0, 0.05) is 17.7 Å². The molecule has 1 heterocycles. The molecule has 1 aromatic heterocycles. The molecule has 0 radical (unpaired) electrons. The van der Waals surface area contributed by atoms with Crippen molar-refractivity contribution in [3.63, 3.8) is 0 Å². The van der Waals surface area contributed by atoms with Crippen molar-refractivity contribution < 1.29 is 19.7 Å². The van der Waals surface area contributed by atoms with Crippen LogP contribution in [0.15, 0.2) is 42.6 Å². The Kier molecular flexibility index (Phi) is 3.76. The normalized spacial score (nSPS) is 10.5. The summed E-state index contributed by atoms with van der Waals surface area (Å²) in [6, 6.07) is 9.63. The molecule has 0 bridgehead atoms. The van der Waals surface area contributed by atoms with Crippen molar-refractivity contribution in [2.24, 2.45) is 0 Å². The summed E-state index contributed by atoms with van der Waals surface area (Å²) in [5.74, 6) is 1.12. The van der Waals surface area contributed by atoms with Gasteiger partial charge in [0.25, 0.3) is 0 Å². The molecule has 0 fully saturated rings. The Hall–Kier alpha value is -3.22. The molecule has 0 saturated carbocycles. The number of hydrogen-bond donors (Lipinski definition) is 2. The summed E-state index contributed by atoms with van der Waals surface area (Å²) in [5, 5.41) is 27.2. The van der Waals surface area contributed by atoms with Crippen LogP contribution in [0.4, 0.5) is 0 Å². The fourth-order valence-corrected chi connectivity index (χ4v) is 2.23. The molecular weight excluding hydrogens is 298 g/mol. The van der Waals surface area contributed by atoms with Crippen LogP contribution in [0.1, 0.15) is 0 Å². The highest BCUT2D eigenvalue weighted by Gasteiger charge is 2.10. The monoisotopic (exact) mass is 313 g/mol. The van der Waals surface area contributed by atoms with E-state index in [4.69, 9.17) is 9.47 Å². The van der Waals surface area contributed by atoms with Crippen molar-refractivity contribution in [3.8, 4) is 39.9 Å². The number of ether oxygens (including phenoxy) is 2. The number of aromatic nitrogens is 3. The summed E-state index contributed by atoms with van der Waals surface area (Å²) in [6.07, 6.45) is 1.69. The van der Waals surface area contributed by atoms with Gasteiger partial charge in [0.1, 0.15) is 17.2 Å². The van der Waals surface area contributed by atoms with Crippen LogP contribution >= 0.6 is 0 Å². The predicted molar refractivity (Wildman–Crippen MR) is 83.2 cm³/mol. The zero-order chi connectivity index (χ0) is 16.4. The molecule has 0 atom stereocenters. The van der Waals surface area contributed by atoms with E-state index in [2.05, 4.69) is 10.3 Å². The minimum atomic E-state index is -0.0410. The lowest BCUT2D eigenvalue weighted by atomic mass is 10.1. The van der Waals surface area contributed by atoms with Crippen molar-refractivity contribution >= 4 is 0 Å². The SMILES string of the molecule is COc1ccc(-n2cc(-c3cc(O)cc(O)c3)nn2)cc1OC. The van der Waals surface area contributed by atoms with Crippen LogP contribution in [0.5, 0.6) is 23.0 Å². The smallest absolute Gasteiger partial charge is 0.162 e. The average Bonchev–Trinajstić information content (AvgIpc) is 3.03. The minimum Gasteiger partial charge on any atom is -0.508 e. The van der Waals surface area contributed by atoms with Gasteiger partial charge < -0.3 is 19.7 Å². The maximum Gasteiger partial charge on any atom is 0.162 e. The number of phenols is 2. The van der Waals surface area contributed by atoms with Crippen LogP contribution in [0.25, 0.3) is 16.9 Å². The highest BCUT2D eigenvalue weighted by molar-refractivity contribution is 5.63. The predicted octanol–water partition coefficient (Wildman–Crippen LogP) is 2.36. The molecule has 0 unspecified atom stereocenters. The molecule has 3 rings (SSSR count). The number of rotatable bonds is 4. The van der Waals surface area contributed by atoms with Crippen LogP contribution in [-0.2, 0) is 0 Å². The number of benzene rings is 2. The van der Waals surface area contributed by atoms with Crippen LogP contribution in [0.2, 0.25) is 0 Å².